The lowest BCUT2D eigenvalue weighted by Crippen LogP contribution is -2.53. The third kappa shape index (κ3) is 2.29. The minimum absolute atomic E-state index is 0.359. The molecule has 0 amide bonds. The number of carbonyl (C=O) groups excluding carboxylic acids is 1. The molecular formula is C21H29ClO. The second-order valence-electron chi connectivity index (χ2n) is 8.95. The molecule has 0 bridgehead atoms. The highest BCUT2D eigenvalue weighted by atomic mass is 35.5. The summed E-state index contributed by atoms with van der Waals surface area (Å²) in [5.41, 5.74) is 1.84. The van der Waals surface area contributed by atoms with E-state index >= 15 is 0 Å². The van der Waals surface area contributed by atoms with Gasteiger partial charge in [0, 0.05) is 11.5 Å². The van der Waals surface area contributed by atoms with Gasteiger partial charge in [0.15, 0.2) is 5.78 Å². The highest BCUT2D eigenvalue weighted by Gasteiger charge is 2.56. The molecule has 0 spiro atoms. The molecule has 0 radical (unpaired) electrons. The summed E-state index contributed by atoms with van der Waals surface area (Å²) in [4.78, 5) is 11.8. The smallest absolute Gasteiger partial charge is 0.155 e. The Morgan fingerprint density at radius 3 is 2.78 bits per heavy atom. The van der Waals surface area contributed by atoms with E-state index in [9.17, 15) is 4.79 Å². The maximum Gasteiger partial charge on any atom is 0.155 e. The summed E-state index contributed by atoms with van der Waals surface area (Å²) in [5, 5.41) is 1.09. The summed E-state index contributed by atoms with van der Waals surface area (Å²) < 4.78 is 0. The van der Waals surface area contributed by atoms with Crippen molar-refractivity contribution < 1.29 is 4.79 Å². The molecule has 0 aliphatic heterocycles. The lowest BCUT2D eigenvalue weighted by Gasteiger charge is -2.60. The zero-order valence-corrected chi connectivity index (χ0v) is 15.4. The van der Waals surface area contributed by atoms with Crippen LogP contribution in [0, 0.1) is 40.9 Å². The van der Waals surface area contributed by atoms with Crippen LogP contribution >= 0.6 is 11.6 Å². The van der Waals surface area contributed by atoms with Gasteiger partial charge in [-0.3, -0.25) is 4.79 Å². The molecular weight excluding hydrogens is 304 g/mol. The fraction of sp³-hybridized carbons (Fsp3) is 0.762. The Morgan fingerprint density at radius 1 is 1.22 bits per heavy atom. The van der Waals surface area contributed by atoms with Crippen LogP contribution in [0.25, 0.3) is 0 Å². The predicted molar refractivity (Wildman–Crippen MR) is 95.1 cm³/mol. The first-order valence-electron chi connectivity index (χ1n) is 9.50. The van der Waals surface area contributed by atoms with Crippen molar-refractivity contribution in [3.8, 4) is 0 Å². The van der Waals surface area contributed by atoms with Crippen LogP contribution in [0.15, 0.2) is 22.8 Å². The number of hydrogen-bond donors (Lipinski definition) is 0. The van der Waals surface area contributed by atoms with Crippen LogP contribution in [0.4, 0.5) is 0 Å². The van der Waals surface area contributed by atoms with E-state index in [0.717, 1.165) is 54.4 Å². The maximum atomic E-state index is 11.8. The van der Waals surface area contributed by atoms with Crippen LogP contribution < -0.4 is 0 Å². The summed E-state index contributed by atoms with van der Waals surface area (Å²) in [6.45, 7) is 7.31. The molecule has 126 valence electrons. The van der Waals surface area contributed by atoms with Crippen LogP contribution in [-0.4, -0.2) is 5.78 Å². The van der Waals surface area contributed by atoms with Crippen molar-refractivity contribution in [1.82, 2.24) is 0 Å². The first-order chi connectivity index (χ1) is 10.9. The van der Waals surface area contributed by atoms with Crippen molar-refractivity contribution in [2.24, 2.45) is 40.9 Å². The van der Waals surface area contributed by atoms with Gasteiger partial charge in [-0.2, -0.15) is 0 Å². The van der Waals surface area contributed by atoms with Crippen LogP contribution in [0.1, 0.15) is 59.3 Å². The van der Waals surface area contributed by atoms with Crippen LogP contribution in [0.5, 0.6) is 0 Å². The van der Waals surface area contributed by atoms with Gasteiger partial charge in [0.25, 0.3) is 0 Å². The van der Waals surface area contributed by atoms with Crippen molar-refractivity contribution in [2.45, 2.75) is 59.3 Å². The maximum absolute atomic E-state index is 11.8. The first kappa shape index (κ1) is 15.9. The predicted octanol–water partition coefficient (Wildman–Crippen LogP) is 5.74. The number of allylic oxidation sites excluding steroid dienone is 4. The van der Waals surface area contributed by atoms with Gasteiger partial charge in [0.2, 0.25) is 0 Å². The van der Waals surface area contributed by atoms with E-state index in [1.165, 1.54) is 18.4 Å². The molecule has 2 saturated carbocycles. The normalized spacial score (nSPS) is 49.5. The van der Waals surface area contributed by atoms with Gasteiger partial charge in [-0.25, -0.2) is 0 Å². The third-order valence-corrected chi connectivity index (χ3v) is 8.48. The minimum atomic E-state index is 0.359. The second kappa shape index (κ2) is 5.48. The Kier molecular flexibility index (Phi) is 3.80. The zero-order chi connectivity index (χ0) is 16.4. The number of ketones is 1. The monoisotopic (exact) mass is 332 g/mol. The Morgan fingerprint density at radius 2 is 2.00 bits per heavy atom. The summed E-state index contributed by atoms with van der Waals surface area (Å²) in [7, 11) is 0. The van der Waals surface area contributed by atoms with Gasteiger partial charge in [-0.1, -0.05) is 44.0 Å². The van der Waals surface area contributed by atoms with E-state index in [1.54, 1.807) is 0 Å². The number of rotatable bonds is 0. The molecule has 0 heterocycles. The van der Waals surface area contributed by atoms with Gasteiger partial charge in [-0.05, 0) is 79.1 Å². The van der Waals surface area contributed by atoms with Crippen molar-refractivity contribution in [3.63, 3.8) is 0 Å². The summed E-state index contributed by atoms with van der Waals surface area (Å²) in [6, 6.07) is 0. The zero-order valence-electron chi connectivity index (χ0n) is 14.6. The van der Waals surface area contributed by atoms with Crippen LogP contribution in [0.2, 0.25) is 0 Å². The van der Waals surface area contributed by atoms with Crippen molar-refractivity contribution >= 4 is 17.4 Å². The molecule has 23 heavy (non-hydrogen) atoms. The Hall–Kier alpha value is -0.560. The number of fused-ring (bicyclic) bond motifs is 5. The third-order valence-electron chi connectivity index (χ3n) is 8.00. The van der Waals surface area contributed by atoms with Gasteiger partial charge >= 0.3 is 0 Å². The topological polar surface area (TPSA) is 17.1 Å². The highest BCUT2D eigenvalue weighted by Crippen LogP contribution is 2.63. The molecule has 7 atom stereocenters. The Bertz CT molecular complexity index is 589. The van der Waals surface area contributed by atoms with E-state index in [4.69, 9.17) is 11.6 Å². The average Bonchev–Trinajstić information content (AvgIpc) is 2.51. The van der Waals surface area contributed by atoms with E-state index in [0.29, 0.717) is 23.0 Å². The van der Waals surface area contributed by atoms with E-state index < -0.39 is 0 Å². The number of hydrogen-bond acceptors (Lipinski definition) is 1. The largest absolute Gasteiger partial charge is 0.295 e. The summed E-state index contributed by atoms with van der Waals surface area (Å²) in [6.07, 6.45) is 11.1. The molecule has 1 nitrogen and oxygen atoms in total. The molecule has 4 aliphatic carbocycles. The van der Waals surface area contributed by atoms with E-state index in [1.807, 2.05) is 6.08 Å². The molecule has 0 saturated heterocycles. The van der Waals surface area contributed by atoms with Gasteiger partial charge in [0.05, 0.1) is 0 Å². The fourth-order valence-electron chi connectivity index (χ4n) is 6.82. The van der Waals surface area contributed by atoms with Gasteiger partial charge < -0.3 is 0 Å². The second-order valence-corrected chi connectivity index (χ2v) is 9.39. The molecule has 1 unspecified atom stereocenters. The SMILES string of the molecule is CC1C(Cl)=CC[C@H]2[C@@H]3CCC4=CC(=O)CC[C@@H]4[C@H]3[C@@H](C)C[C@]12C. The summed E-state index contributed by atoms with van der Waals surface area (Å²) >= 11 is 6.54. The van der Waals surface area contributed by atoms with Gasteiger partial charge in [0.1, 0.15) is 0 Å². The molecule has 4 aliphatic rings. The molecule has 2 fully saturated rings. The molecule has 0 N–H and O–H groups in total. The number of halogens is 1. The van der Waals surface area contributed by atoms with Crippen LogP contribution in [-0.2, 0) is 4.79 Å². The molecule has 0 aromatic rings. The van der Waals surface area contributed by atoms with Crippen molar-refractivity contribution in [3.05, 3.63) is 22.8 Å². The van der Waals surface area contributed by atoms with E-state index in [-0.39, 0.29) is 0 Å². The average molecular weight is 333 g/mol. The van der Waals surface area contributed by atoms with Crippen molar-refractivity contribution in [2.75, 3.05) is 0 Å². The highest BCUT2D eigenvalue weighted by molar-refractivity contribution is 6.29. The standard InChI is InChI=1S/C21H29ClO/c1-12-11-21(3)13(2)19(22)9-8-18(21)17-6-4-14-10-15(23)5-7-16(14)20(12)17/h9-10,12-13,16-18,20H,4-8,11H2,1-3H3/t12-,13?,16-,17-,18-,20+,21+/m0/s1. The number of carbonyl (C=O) groups is 1. The molecule has 2 heteroatoms. The molecule has 0 aromatic carbocycles. The first-order valence-corrected chi connectivity index (χ1v) is 9.88. The lowest BCUT2D eigenvalue weighted by molar-refractivity contribution is -0.117. The Balaban J connectivity index is 1.70. The minimum Gasteiger partial charge on any atom is -0.295 e. The lowest BCUT2D eigenvalue weighted by atomic mass is 9.45. The van der Waals surface area contributed by atoms with Crippen molar-refractivity contribution in [1.29, 1.82) is 0 Å². The molecule has 0 aromatic heterocycles. The van der Waals surface area contributed by atoms with Crippen LogP contribution in [0.3, 0.4) is 0 Å². The molecule has 4 rings (SSSR count). The van der Waals surface area contributed by atoms with E-state index in [2.05, 4.69) is 26.8 Å². The fourth-order valence-corrected chi connectivity index (χ4v) is 7.16. The Labute approximate surface area is 145 Å². The summed E-state index contributed by atoms with van der Waals surface area (Å²) in [5.74, 6) is 4.68. The van der Waals surface area contributed by atoms with Gasteiger partial charge in [-0.15, -0.1) is 0 Å². The quantitative estimate of drug-likeness (QED) is 0.552.